The molecule has 2 rings (SSSR count). The van der Waals surface area contributed by atoms with Gasteiger partial charge in [-0.15, -0.1) is 0 Å². The Hall–Kier alpha value is -1.16. The molecule has 0 aliphatic heterocycles. The van der Waals surface area contributed by atoms with E-state index >= 15 is 0 Å². The minimum atomic E-state index is -3.78. The van der Waals surface area contributed by atoms with Crippen LogP contribution in [-0.2, 0) is 10.0 Å². The van der Waals surface area contributed by atoms with E-state index in [1.807, 2.05) is 6.92 Å². The van der Waals surface area contributed by atoms with E-state index in [1.165, 1.54) is 6.07 Å². The van der Waals surface area contributed by atoms with Gasteiger partial charge in [0.2, 0.25) is 10.0 Å². The number of aromatic nitrogens is 2. The molecule has 1 heterocycles. The molecule has 0 aliphatic carbocycles. The topological polar surface area (TPSA) is 98.0 Å². The molecule has 0 spiro atoms. The van der Waals surface area contributed by atoms with Gasteiger partial charge in [-0.2, -0.15) is 13.5 Å². The lowest BCUT2D eigenvalue weighted by atomic mass is 10.0. The molecular weight excluding hydrogens is 316 g/mol. The third-order valence-electron chi connectivity index (χ3n) is 3.15. The fourth-order valence-corrected chi connectivity index (χ4v) is 4.13. The van der Waals surface area contributed by atoms with Gasteiger partial charge < -0.3 is 5.73 Å². The van der Waals surface area contributed by atoms with E-state index in [0.717, 1.165) is 11.7 Å². The molecule has 0 saturated carbocycles. The Kier molecular flexibility index (Phi) is 4.05. The highest BCUT2D eigenvalue weighted by molar-refractivity contribution is 7.90. The van der Waals surface area contributed by atoms with Crippen LogP contribution in [0.4, 0.5) is 0 Å². The van der Waals surface area contributed by atoms with Crippen LogP contribution in [0.1, 0.15) is 20.3 Å². The van der Waals surface area contributed by atoms with Crippen molar-refractivity contribution in [2.24, 2.45) is 5.73 Å². The van der Waals surface area contributed by atoms with Crippen LogP contribution in [0.5, 0.6) is 0 Å². The van der Waals surface area contributed by atoms with Crippen molar-refractivity contribution in [3.8, 4) is 0 Å². The molecule has 1 aromatic heterocycles. The zero-order chi connectivity index (χ0) is 15.0. The van der Waals surface area contributed by atoms with Crippen LogP contribution in [0.3, 0.4) is 0 Å². The number of hydrogen-bond donors (Lipinski definition) is 2. The highest BCUT2D eigenvalue weighted by Crippen LogP contribution is 2.23. The van der Waals surface area contributed by atoms with E-state index in [-0.39, 0.29) is 9.88 Å². The van der Waals surface area contributed by atoms with E-state index in [9.17, 15) is 8.42 Å². The molecule has 0 fully saturated rings. The SMILES string of the molecule is CCC(C)(NS(=O)(=O)c1cccc2nsnc12)C(N)=S. The fourth-order valence-electron chi connectivity index (χ4n) is 1.65. The Morgan fingerprint density at radius 1 is 1.50 bits per heavy atom. The summed E-state index contributed by atoms with van der Waals surface area (Å²) in [5.41, 5.74) is 5.57. The van der Waals surface area contributed by atoms with Crippen LogP contribution < -0.4 is 10.5 Å². The van der Waals surface area contributed by atoms with Crippen molar-refractivity contribution in [2.75, 3.05) is 0 Å². The van der Waals surface area contributed by atoms with Gasteiger partial charge in [-0.05, 0) is 25.5 Å². The molecule has 6 nitrogen and oxygen atoms in total. The summed E-state index contributed by atoms with van der Waals surface area (Å²) >= 11 is 5.92. The second kappa shape index (κ2) is 5.32. The second-order valence-electron chi connectivity index (χ2n) is 4.54. The molecule has 1 unspecified atom stereocenters. The van der Waals surface area contributed by atoms with Gasteiger partial charge in [-0.1, -0.05) is 25.2 Å². The van der Waals surface area contributed by atoms with Gasteiger partial charge in [0.1, 0.15) is 15.9 Å². The maximum absolute atomic E-state index is 12.5. The maximum Gasteiger partial charge on any atom is 0.243 e. The number of rotatable bonds is 5. The first-order valence-corrected chi connectivity index (χ1v) is 8.47. The van der Waals surface area contributed by atoms with Crippen molar-refractivity contribution in [3.63, 3.8) is 0 Å². The predicted molar refractivity (Wildman–Crippen MR) is 83.2 cm³/mol. The van der Waals surface area contributed by atoms with Crippen LogP contribution in [0.15, 0.2) is 23.1 Å². The average molecular weight is 330 g/mol. The number of thiocarbonyl (C=S) groups is 1. The van der Waals surface area contributed by atoms with Gasteiger partial charge in [-0.3, -0.25) is 0 Å². The largest absolute Gasteiger partial charge is 0.392 e. The Morgan fingerprint density at radius 2 is 2.20 bits per heavy atom. The third kappa shape index (κ3) is 2.66. The number of hydrogen-bond acceptors (Lipinski definition) is 6. The number of nitrogens with one attached hydrogen (secondary N) is 1. The maximum atomic E-state index is 12.5. The first-order valence-electron chi connectivity index (χ1n) is 5.85. The highest BCUT2D eigenvalue weighted by atomic mass is 32.2. The van der Waals surface area contributed by atoms with E-state index in [4.69, 9.17) is 18.0 Å². The van der Waals surface area contributed by atoms with Crippen LogP contribution in [-0.4, -0.2) is 27.7 Å². The molecule has 0 amide bonds. The lowest BCUT2D eigenvalue weighted by Crippen LogP contribution is -2.53. The Morgan fingerprint density at radius 3 is 2.80 bits per heavy atom. The number of sulfonamides is 1. The molecule has 0 aliphatic rings. The number of benzene rings is 1. The van der Waals surface area contributed by atoms with Crippen LogP contribution in [0.25, 0.3) is 11.0 Å². The Labute approximate surface area is 126 Å². The van der Waals surface area contributed by atoms with Gasteiger partial charge in [0, 0.05) is 0 Å². The molecule has 108 valence electrons. The van der Waals surface area contributed by atoms with Crippen molar-refractivity contribution in [1.29, 1.82) is 0 Å². The summed E-state index contributed by atoms with van der Waals surface area (Å²) in [6, 6.07) is 4.83. The fraction of sp³-hybridized carbons (Fsp3) is 0.364. The lowest BCUT2D eigenvalue weighted by molar-refractivity contribution is 0.512. The highest BCUT2D eigenvalue weighted by Gasteiger charge is 2.33. The molecule has 3 N–H and O–H groups in total. The second-order valence-corrected chi connectivity index (χ2v) is 7.16. The molecule has 20 heavy (non-hydrogen) atoms. The van der Waals surface area contributed by atoms with E-state index < -0.39 is 15.6 Å². The quantitative estimate of drug-likeness (QED) is 0.805. The van der Waals surface area contributed by atoms with Gasteiger partial charge in [0.25, 0.3) is 0 Å². The van der Waals surface area contributed by atoms with Crippen molar-refractivity contribution < 1.29 is 8.42 Å². The zero-order valence-electron chi connectivity index (χ0n) is 11.0. The van der Waals surface area contributed by atoms with Crippen molar-refractivity contribution in [2.45, 2.75) is 30.7 Å². The smallest absolute Gasteiger partial charge is 0.243 e. The van der Waals surface area contributed by atoms with Crippen LogP contribution >= 0.6 is 23.9 Å². The Balaban J connectivity index is 2.51. The third-order valence-corrected chi connectivity index (χ3v) is 5.77. The molecular formula is C11H14N4O2S3. The minimum absolute atomic E-state index is 0.0830. The van der Waals surface area contributed by atoms with Gasteiger partial charge in [0.15, 0.2) is 0 Å². The summed E-state index contributed by atoms with van der Waals surface area (Å²) in [4.78, 5) is 0.187. The summed E-state index contributed by atoms with van der Waals surface area (Å²) in [7, 11) is -3.78. The first-order chi connectivity index (χ1) is 9.30. The molecule has 2 aromatic rings. The average Bonchev–Trinajstić information content (AvgIpc) is 2.85. The molecule has 0 radical (unpaired) electrons. The van der Waals surface area contributed by atoms with Crippen molar-refractivity contribution in [1.82, 2.24) is 13.5 Å². The number of nitrogens with two attached hydrogens (primary N) is 1. The summed E-state index contributed by atoms with van der Waals surface area (Å²) in [6.07, 6.45) is 0.451. The zero-order valence-corrected chi connectivity index (χ0v) is 13.4. The van der Waals surface area contributed by atoms with Crippen molar-refractivity contribution >= 4 is 50.0 Å². The van der Waals surface area contributed by atoms with E-state index in [0.29, 0.717) is 17.5 Å². The van der Waals surface area contributed by atoms with E-state index in [2.05, 4.69) is 13.5 Å². The summed E-state index contributed by atoms with van der Waals surface area (Å²) in [5.74, 6) is 0. The molecule has 0 bridgehead atoms. The minimum Gasteiger partial charge on any atom is -0.392 e. The van der Waals surface area contributed by atoms with Gasteiger partial charge >= 0.3 is 0 Å². The predicted octanol–water partition coefficient (Wildman–Crippen LogP) is 1.42. The standard InChI is InChI=1S/C11H14N4O2S3/c1-3-11(2,10(12)18)15-20(16,17)8-6-4-5-7-9(8)14-19-13-7/h4-6,15H,3H2,1-2H3,(H2,12,18). The van der Waals surface area contributed by atoms with Crippen LogP contribution in [0.2, 0.25) is 0 Å². The summed E-state index contributed by atoms with van der Waals surface area (Å²) < 4.78 is 35.7. The summed E-state index contributed by atoms with van der Waals surface area (Å²) in [6.45, 7) is 3.47. The normalized spacial score (nSPS) is 15.1. The molecule has 0 saturated heterocycles. The monoisotopic (exact) mass is 330 g/mol. The number of fused-ring (bicyclic) bond motifs is 1. The molecule has 1 aromatic carbocycles. The van der Waals surface area contributed by atoms with Crippen LogP contribution in [0, 0.1) is 0 Å². The van der Waals surface area contributed by atoms with Gasteiger partial charge in [0.05, 0.1) is 22.3 Å². The lowest BCUT2D eigenvalue weighted by Gasteiger charge is -2.27. The molecule has 1 atom stereocenters. The number of nitrogens with zero attached hydrogens (tertiary/aromatic N) is 2. The Bertz CT molecular complexity index is 756. The van der Waals surface area contributed by atoms with Gasteiger partial charge in [-0.25, -0.2) is 8.42 Å². The van der Waals surface area contributed by atoms with Crippen molar-refractivity contribution in [3.05, 3.63) is 18.2 Å². The van der Waals surface area contributed by atoms with E-state index in [1.54, 1.807) is 19.1 Å². The first kappa shape index (κ1) is 15.2. The molecule has 9 heteroatoms. The summed E-state index contributed by atoms with van der Waals surface area (Å²) in [5, 5.41) is 0.